The van der Waals surface area contributed by atoms with Gasteiger partial charge in [0.25, 0.3) is 5.91 Å². The molecule has 2 bridgehead atoms. The minimum absolute atomic E-state index is 0.0279. The quantitative estimate of drug-likeness (QED) is 0.366. The van der Waals surface area contributed by atoms with Gasteiger partial charge in [0.15, 0.2) is 18.5 Å². The van der Waals surface area contributed by atoms with Crippen LogP contribution in [0, 0.1) is 11.3 Å². The number of rotatable bonds is 6. The second-order valence-corrected chi connectivity index (χ2v) is 10.9. The molecule has 4 heterocycles. The van der Waals surface area contributed by atoms with Crippen molar-refractivity contribution in [2.75, 3.05) is 31.5 Å². The van der Waals surface area contributed by atoms with Crippen molar-refractivity contribution in [1.29, 1.82) is 0 Å². The number of hydrogen-bond donors (Lipinski definition) is 1. The van der Waals surface area contributed by atoms with Crippen molar-refractivity contribution in [3.63, 3.8) is 0 Å². The van der Waals surface area contributed by atoms with Crippen LogP contribution in [0.2, 0.25) is 5.15 Å². The highest BCUT2D eigenvalue weighted by Crippen LogP contribution is 2.46. The average molecular weight is 486 g/mol. The molecule has 1 aromatic rings. The summed E-state index contributed by atoms with van der Waals surface area (Å²) in [5.41, 5.74) is 0.756. The van der Waals surface area contributed by atoms with E-state index in [9.17, 15) is 9.59 Å². The van der Waals surface area contributed by atoms with Gasteiger partial charge in [0, 0.05) is 18.8 Å². The van der Waals surface area contributed by atoms with Crippen LogP contribution in [0.5, 0.6) is 0 Å². The summed E-state index contributed by atoms with van der Waals surface area (Å²) in [6.07, 6.45) is 18.3. The van der Waals surface area contributed by atoms with Crippen molar-refractivity contribution in [3.05, 3.63) is 41.3 Å². The highest BCUT2D eigenvalue weighted by Gasteiger charge is 2.51. The molecule has 1 aromatic heterocycles. The van der Waals surface area contributed by atoms with Crippen molar-refractivity contribution < 1.29 is 18.8 Å². The van der Waals surface area contributed by atoms with Gasteiger partial charge in [-0.3, -0.25) is 14.6 Å². The van der Waals surface area contributed by atoms with Gasteiger partial charge in [-0.1, -0.05) is 55.5 Å². The normalized spacial score (nSPS) is 29.9. The zero-order chi connectivity index (χ0) is 23.6. The maximum absolute atomic E-state index is 13.8. The van der Waals surface area contributed by atoms with Crippen LogP contribution in [0.25, 0.3) is 0 Å². The van der Waals surface area contributed by atoms with Gasteiger partial charge >= 0.3 is 5.97 Å². The zero-order valence-electron chi connectivity index (χ0n) is 19.7. The third kappa shape index (κ3) is 4.78. The number of piperidine rings is 3. The molecule has 182 valence electrons. The fraction of sp³-hybridized carbons (Fsp3) is 0.615. The number of halogens is 1. The first kappa shape index (κ1) is 23.5. The Bertz CT molecular complexity index is 992. The van der Waals surface area contributed by atoms with Crippen molar-refractivity contribution in [2.24, 2.45) is 11.3 Å². The number of fused-ring (bicyclic) bond motifs is 3. The first-order valence-electron chi connectivity index (χ1n) is 12.7. The number of nitrogens with zero attached hydrogens (tertiary/aromatic N) is 3. The van der Waals surface area contributed by atoms with E-state index < -0.39 is 5.41 Å². The van der Waals surface area contributed by atoms with Crippen LogP contribution in [0.3, 0.4) is 0 Å². The van der Waals surface area contributed by atoms with Gasteiger partial charge in [0.1, 0.15) is 11.7 Å². The summed E-state index contributed by atoms with van der Waals surface area (Å²) < 4.78 is 7.04. The molecule has 1 saturated carbocycles. The summed E-state index contributed by atoms with van der Waals surface area (Å²) in [7, 11) is 0. The first-order chi connectivity index (χ1) is 16.5. The minimum Gasteiger partial charge on any atom is -0.455 e. The molecule has 1 N–H and O–H groups in total. The Morgan fingerprint density at radius 3 is 2.59 bits per heavy atom. The standard InChI is InChI=1S/C26H33ClN4O3/c27-22-15-28-16-23(29-22)30-24(32)18-31-13-9-19(10-14-31)21(17-31)34-25(33)26(20-7-3-4-8-20)11-5-1-2-6-12-26/h3-4,7,15-16,19,21H,1-2,5-6,8-14,17-18H2/p+1/t19?,21-,31?/m0/s1. The molecule has 4 fully saturated rings. The molecule has 2 aliphatic carbocycles. The van der Waals surface area contributed by atoms with Crippen molar-refractivity contribution in [1.82, 2.24) is 9.97 Å². The number of hydrogen-bond acceptors (Lipinski definition) is 5. The van der Waals surface area contributed by atoms with E-state index in [1.54, 1.807) is 0 Å². The lowest BCUT2D eigenvalue weighted by molar-refractivity contribution is -0.939. The second-order valence-electron chi connectivity index (χ2n) is 10.5. The van der Waals surface area contributed by atoms with Crippen LogP contribution in [-0.2, 0) is 14.3 Å². The van der Waals surface area contributed by atoms with E-state index in [0.717, 1.165) is 58.0 Å². The summed E-state index contributed by atoms with van der Waals surface area (Å²) in [6, 6.07) is 0. The molecular formula is C26H34ClN4O3+. The smallest absolute Gasteiger partial charge is 0.316 e. The van der Waals surface area contributed by atoms with Gasteiger partial charge in [-0.15, -0.1) is 0 Å². The highest BCUT2D eigenvalue weighted by atomic mass is 35.5. The number of anilines is 1. The average Bonchev–Trinajstić information content (AvgIpc) is 3.24. The van der Waals surface area contributed by atoms with Gasteiger partial charge in [-0.2, -0.15) is 0 Å². The first-order valence-corrected chi connectivity index (χ1v) is 13.1. The van der Waals surface area contributed by atoms with E-state index in [0.29, 0.717) is 29.3 Å². The maximum Gasteiger partial charge on any atom is 0.316 e. The molecule has 7 nitrogen and oxygen atoms in total. The molecule has 0 aromatic carbocycles. The third-order valence-corrected chi connectivity index (χ3v) is 8.57. The summed E-state index contributed by atoms with van der Waals surface area (Å²) in [5, 5.41) is 3.07. The number of carbonyl (C=O) groups is 2. The van der Waals surface area contributed by atoms with Gasteiger partial charge in [-0.25, -0.2) is 4.98 Å². The van der Waals surface area contributed by atoms with E-state index in [-0.39, 0.29) is 23.1 Å². The molecule has 8 heteroatoms. The number of aromatic nitrogens is 2. The van der Waals surface area contributed by atoms with E-state index >= 15 is 0 Å². The Morgan fingerprint density at radius 2 is 1.91 bits per heavy atom. The van der Waals surface area contributed by atoms with Gasteiger partial charge in [-0.05, 0) is 24.8 Å². The molecule has 0 unspecified atom stereocenters. The Hall–Kier alpha value is -2.25. The largest absolute Gasteiger partial charge is 0.455 e. The van der Waals surface area contributed by atoms with Crippen LogP contribution in [-0.4, -0.2) is 58.6 Å². The Morgan fingerprint density at radius 1 is 1.15 bits per heavy atom. The monoisotopic (exact) mass is 485 g/mol. The van der Waals surface area contributed by atoms with Crippen LogP contribution in [0.4, 0.5) is 5.82 Å². The third-order valence-electron chi connectivity index (χ3n) is 8.39. The van der Waals surface area contributed by atoms with Crippen molar-refractivity contribution in [2.45, 2.75) is 63.9 Å². The number of quaternary nitrogens is 1. The molecule has 34 heavy (non-hydrogen) atoms. The molecule has 5 aliphatic rings. The fourth-order valence-electron chi connectivity index (χ4n) is 6.51. The van der Waals surface area contributed by atoms with E-state index in [4.69, 9.17) is 16.3 Å². The molecule has 1 amide bonds. The molecule has 3 saturated heterocycles. The fourth-order valence-corrected chi connectivity index (χ4v) is 6.65. The minimum atomic E-state index is -0.473. The van der Waals surface area contributed by atoms with Crippen LogP contribution < -0.4 is 5.32 Å². The van der Waals surface area contributed by atoms with Crippen molar-refractivity contribution >= 4 is 29.3 Å². The lowest BCUT2D eigenvalue weighted by atomic mass is 9.73. The van der Waals surface area contributed by atoms with Gasteiger partial charge < -0.3 is 14.5 Å². The molecule has 1 atom stereocenters. The van der Waals surface area contributed by atoms with Crippen LogP contribution in [0.15, 0.2) is 36.2 Å². The number of esters is 1. The topological polar surface area (TPSA) is 81.2 Å². The number of allylic oxidation sites excluding steroid dienone is 3. The summed E-state index contributed by atoms with van der Waals surface area (Å²) >= 11 is 5.90. The molecular weight excluding hydrogens is 452 g/mol. The van der Waals surface area contributed by atoms with Gasteiger partial charge in [0.05, 0.1) is 30.9 Å². The summed E-state index contributed by atoms with van der Waals surface area (Å²) in [6.45, 7) is 2.93. The van der Waals surface area contributed by atoms with E-state index in [1.165, 1.54) is 30.8 Å². The highest BCUT2D eigenvalue weighted by molar-refractivity contribution is 6.29. The predicted octanol–water partition coefficient (Wildman–Crippen LogP) is 4.45. The lowest BCUT2D eigenvalue weighted by Crippen LogP contribution is -2.66. The summed E-state index contributed by atoms with van der Waals surface area (Å²) in [4.78, 5) is 34.7. The molecule has 0 spiro atoms. The molecule has 0 radical (unpaired) electrons. The molecule has 3 aliphatic heterocycles. The Kier molecular flexibility index (Phi) is 6.76. The number of carbonyl (C=O) groups excluding carboxylic acids is 2. The van der Waals surface area contributed by atoms with Crippen LogP contribution >= 0.6 is 11.6 Å². The Balaban J connectivity index is 1.27. The van der Waals surface area contributed by atoms with Gasteiger partial charge in [0.2, 0.25) is 0 Å². The number of amides is 1. The lowest BCUT2D eigenvalue weighted by Gasteiger charge is -2.52. The summed E-state index contributed by atoms with van der Waals surface area (Å²) in [5.74, 6) is 0.618. The number of nitrogens with one attached hydrogen (secondary N) is 1. The van der Waals surface area contributed by atoms with Crippen LogP contribution in [0.1, 0.15) is 57.8 Å². The van der Waals surface area contributed by atoms with E-state index in [2.05, 4.69) is 33.5 Å². The SMILES string of the molecule is O=C(C[N+]12CCC(CC1)[C@@H](OC(=O)C1(C3=CC=CC3)CCCCCC1)C2)Nc1cncc(Cl)n1. The predicted molar refractivity (Wildman–Crippen MR) is 130 cm³/mol. The molecule has 6 rings (SSSR count). The van der Waals surface area contributed by atoms with Crippen molar-refractivity contribution in [3.8, 4) is 0 Å². The zero-order valence-corrected chi connectivity index (χ0v) is 20.4. The maximum atomic E-state index is 13.8. The van der Waals surface area contributed by atoms with E-state index in [1.807, 2.05) is 0 Å². The second kappa shape index (κ2) is 9.78. The number of ether oxygens (including phenoxy) is 1. The Labute approximate surface area is 206 Å².